The number of likely N-dealkylation sites (N-methyl/N-ethyl adjacent to an activating group) is 1. The number of alkyl halides is 2. The van der Waals surface area contributed by atoms with Gasteiger partial charge in [0.05, 0.1) is 0 Å². The Morgan fingerprint density at radius 1 is 1.50 bits per heavy atom. The highest BCUT2D eigenvalue weighted by Gasteiger charge is 2.49. The van der Waals surface area contributed by atoms with Crippen LogP contribution < -0.4 is 0 Å². The first-order valence-corrected chi connectivity index (χ1v) is 4.16. The molecule has 1 N–H and O–H groups in total. The zero-order valence-corrected chi connectivity index (χ0v) is 7.67. The minimum atomic E-state index is -2.75. The number of amides is 1. The number of aliphatic carboxylic acids is 1. The standard InChI is InChI=1S/C8H11F2NO3/c1-11(4-6(12)13)7(14)5-2-8(9,10)3-5/h5H,2-4H2,1H3,(H,12,13). The fraction of sp³-hybridized carbons (Fsp3) is 0.750. The first-order valence-electron chi connectivity index (χ1n) is 4.16. The Hall–Kier alpha value is -1.20. The Balaban J connectivity index is 2.40. The Labute approximate surface area is 79.5 Å². The Bertz CT molecular complexity index is 259. The highest BCUT2D eigenvalue weighted by molar-refractivity contribution is 5.83. The maximum Gasteiger partial charge on any atom is 0.323 e. The molecule has 0 saturated heterocycles. The van der Waals surface area contributed by atoms with Crippen LogP contribution in [0.3, 0.4) is 0 Å². The molecule has 1 fully saturated rings. The fourth-order valence-electron chi connectivity index (χ4n) is 1.43. The summed E-state index contributed by atoms with van der Waals surface area (Å²) in [5.74, 6) is -5.12. The summed E-state index contributed by atoms with van der Waals surface area (Å²) in [5.41, 5.74) is 0. The summed E-state index contributed by atoms with van der Waals surface area (Å²) in [6.07, 6.45) is -0.925. The molecule has 0 bridgehead atoms. The van der Waals surface area contributed by atoms with E-state index in [-0.39, 0.29) is 0 Å². The van der Waals surface area contributed by atoms with E-state index in [0.717, 1.165) is 4.90 Å². The van der Waals surface area contributed by atoms with Crippen molar-refractivity contribution in [1.82, 2.24) is 4.90 Å². The molecule has 80 valence electrons. The van der Waals surface area contributed by atoms with E-state index in [1.165, 1.54) is 7.05 Å². The predicted octanol–water partition coefficient (Wildman–Crippen LogP) is 0.575. The van der Waals surface area contributed by atoms with Gasteiger partial charge in [-0.2, -0.15) is 0 Å². The van der Waals surface area contributed by atoms with Gasteiger partial charge in [0, 0.05) is 25.8 Å². The highest BCUT2D eigenvalue weighted by Crippen LogP contribution is 2.42. The number of halogens is 2. The molecule has 0 atom stereocenters. The monoisotopic (exact) mass is 207 g/mol. The molecule has 0 aromatic heterocycles. The SMILES string of the molecule is CN(CC(=O)O)C(=O)C1CC(F)(F)C1. The number of hydrogen-bond acceptors (Lipinski definition) is 2. The normalized spacial score (nSPS) is 19.9. The van der Waals surface area contributed by atoms with E-state index in [0.29, 0.717) is 0 Å². The van der Waals surface area contributed by atoms with E-state index >= 15 is 0 Å². The van der Waals surface area contributed by atoms with Crippen molar-refractivity contribution in [3.8, 4) is 0 Å². The summed E-state index contributed by atoms with van der Waals surface area (Å²) in [7, 11) is 1.30. The van der Waals surface area contributed by atoms with Gasteiger partial charge < -0.3 is 10.0 Å². The van der Waals surface area contributed by atoms with Gasteiger partial charge >= 0.3 is 5.97 Å². The fourth-order valence-corrected chi connectivity index (χ4v) is 1.43. The summed E-state index contributed by atoms with van der Waals surface area (Å²) >= 11 is 0. The van der Waals surface area contributed by atoms with Gasteiger partial charge in [0.15, 0.2) is 0 Å². The largest absolute Gasteiger partial charge is 0.480 e. The van der Waals surface area contributed by atoms with Crippen LogP contribution in [0.15, 0.2) is 0 Å². The summed E-state index contributed by atoms with van der Waals surface area (Å²) in [6.45, 7) is -0.444. The minimum Gasteiger partial charge on any atom is -0.480 e. The molecule has 0 unspecified atom stereocenters. The molecule has 1 rings (SSSR count). The van der Waals surface area contributed by atoms with E-state index in [9.17, 15) is 18.4 Å². The predicted molar refractivity (Wildman–Crippen MR) is 42.9 cm³/mol. The van der Waals surface area contributed by atoms with E-state index in [1.807, 2.05) is 0 Å². The number of carbonyl (C=O) groups excluding carboxylic acids is 1. The van der Waals surface area contributed by atoms with Crippen LogP contribution in [0, 0.1) is 5.92 Å². The molecule has 0 heterocycles. The van der Waals surface area contributed by atoms with Crippen LogP contribution in [0.25, 0.3) is 0 Å². The smallest absolute Gasteiger partial charge is 0.323 e. The molecule has 6 heteroatoms. The van der Waals surface area contributed by atoms with E-state index in [4.69, 9.17) is 5.11 Å². The van der Waals surface area contributed by atoms with Gasteiger partial charge in [-0.1, -0.05) is 0 Å². The first kappa shape index (κ1) is 10.9. The average Bonchev–Trinajstić information content (AvgIpc) is 1.97. The second-order valence-electron chi connectivity index (χ2n) is 3.55. The van der Waals surface area contributed by atoms with Crippen LogP contribution in [0.5, 0.6) is 0 Å². The van der Waals surface area contributed by atoms with Crippen molar-refractivity contribution in [2.24, 2.45) is 5.92 Å². The van der Waals surface area contributed by atoms with Crippen molar-refractivity contribution >= 4 is 11.9 Å². The molecule has 0 aliphatic heterocycles. The van der Waals surface area contributed by atoms with E-state index in [1.54, 1.807) is 0 Å². The van der Waals surface area contributed by atoms with Crippen LogP contribution in [-0.2, 0) is 9.59 Å². The van der Waals surface area contributed by atoms with Gasteiger partial charge in [0.25, 0.3) is 0 Å². The van der Waals surface area contributed by atoms with Gasteiger partial charge in [-0.25, -0.2) is 8.78 Å². The van der Waals surface area contributed by atoms with Crippen LogP contribution in [0.1, 0.15) is 12.8 Å². The Morgan fingerprint density at radius 2 is 2.00 bits per heavy atom. The minimum absolute atomic E-state index is 0.444. The Kier molecular flexibility index (Phi) is 2.73. The van der Waals surface area contributed by atoms with Crippen molar-refractivity contribution < 1.29 is 23.5 Å². The number of carboxylic acid groups (broad SMARTS) is 1. The maximum atomic E-state index is 12.4. The van der Waals surface area contributed by atoms with Gasteiger partial charge in [-0.3, -0.25) is 9.59 Å². The third-order valence-corrected chi connectivity index (χ3v) is 2.19. The van der Waals surface area contributed by atoms with Crippen molar-refractivity contribution in [1.29, 1.82) is 0 Å². The van der Waals surface area contributed by atoms with Gasteiger partial charge in [-0.15, -0.1) is 0 Å². The number of carboxylic acids is 1. The second kappa shape index (κ2) is 3.51. The van der Waals surface area contributed by atoms with Gasteiger partial charge in [0.2, 0.25) is 11.8 Å². The zero-order valence-electron chi connectivity index (χ0n) is 7.67. The second-order valence-corrected chi connectivity index (χ2v) is 3.55. The molecule has 1 amide bonds. The van der Waals surface area contributed by atoms with Crippen LogP contribution >= 0.6 is 0 Å². The molecule has 4 nitrogen and oxygen atoms in total. The lowest BCUT2D eigenvalue weighted by Crippen LogP contribution is -2.46. The number of rotatable bonds is 3. The summed E-state index contributed by atoms with van der Waals surface area (Å²) in [5, 5.41) is 8.37. The quantitative estimate of drug-likeness (QED) is 0.736. The van der Waals surface area contributed by atoms with E-state index < -0.39 is 43.1 Å². The maximum absolute atomic E-state index is 12.4. The molecule has 1 aliphatic rings. The number of carbonyl (C=O) groups is 2. The molecular weight excluding hydrogens is 196 g/mol. The molecule has 14 heavy (non-hydrogen) atoms. The summed E-state index contributed by atoms with van der Waals surface area (Å²) in [4.78, 5) is 22.5. The zero-order chi connectivity index (χ0) is 10.9. The molecule has 0 radical (unpaired) electrons. The van der Waals surface area contributed by atoms with Crippen LogP contribution in [0.2, 0.25) is 0 Å². The van der Waals surface area contributed by atoms with Crippen molar-refractivity contribution in [3.05, 3.63) is 0 Å². The molecular formula is C8H11F2NO3. The molecule has 1 aliphatic carbocycles. The van der Waals surface area contributed by atoms with Crippen LogP contribution in [0.4, 0.5) is 8.78 Å². The lowest BCUT2D eigenvalue weighted by atomic mass is 9.80. The van der Waals surface area contributed by atoms with Gasteiger partial charge in [0.1, 0.15) is 6.54 Å². The topological polar surface area (TPSA) is 57.6 Å². The number of nitrogens with zero attached hydrogens (tertiary/aromatic N) is 1. The van der Waals surface area contributed by atoms with Crippen LogP contribution in [-0.4, -0.2) is 41.4 Å². The lowest BCUT2D eigenvalue weighted by Gasteiger charge is -2.35. The van der Waals surface area contributed by atoms with Crippen molar-refractivity contribution in [2.45, 2.75) is 18.8 Å². The number of hydrogen-bond donors (Lipinski definition) is 1. The highest BCUT2D eigenvalue weighted by atomic mass is 19.3. The third kappa shape index (κ3) is 2.40. The summed E-state index contributed by atoms with van der Waals surface area (Å²) < 4.78 is 24.8. The molecule has 0 spiro atoms. The lowest BCUT2D eigenvalue weighted by molar-refractivity contribution is -0.161. The molecule has 0 aromatic rings. The van der Waals surface area contributed by atoms with Crippen molar-refractivity contribution in [2.75, 3.05) is 13.6 Å². The third-order valence-electron chi connectivity index (χ3n) is 2.19. The Morgan fingerprint density at radius 3 is 2.36 bits per heavy atom. The summed E-state index contributed by atoms with van der Waals surface area (Å²) in [6, 6.07) is 0. The molecule has 1 saturated carbocycles. The first-order chi connectivity index (χ1) is 6.32. The molecule has 0 aromatic carbocycles. The van der Waals surface area contributed by atoms with Gasteiger partial charge in [-0.05, 0) is 0 Å². The van der Waals surface area contributed by atoms with E-state index in [2.05, 4.69) is 0 Å². The average molecular weight is 207 g/mol. The van der Waals surface area contributed by atoms with Crippen molar-refractivity contribution in [3.63, 3.8) is 0 Å².